The molecule has 0 bridgehead atoms. The van der Waals surface area contributed by atoms with Gasteiger partial charge in [0.1, 0.15) is 0 Å². The molecule has 1 aromatic heterocycles. The van der Waals surface area contributed by atoms with E-state index in [1.807, 2.05) is 31.8 Å². The number of carbonyl (C=O) groups excluding carboxylic acids is 1. The van der Waals surface area contributed by atoms with Crippen LogP contribution in [0, 0.1) is 0 Å². The third-order valence-electron chi connectivity index (χ3n) is 2.16. The maximum atomic E-state index is 10.6. The van der Waals surface area contributed by atoms with Crippen molar-refractivity contribution < 1.29 is 4.79 Å². The number of hydrogen-bond donors (Lipinski definition) is 2. The van der Waals surface area contributed by atoms with Crippen LogP contribution in [0.4, 0.5) is 0 Å². The van der Waals surface area contributed by atoms with Gasteiger partial charge in [-0.2, -0.15) is 0 Å². The zero-order valence-electron chi connectivity index (χ0n) is 11.9. The largest absolute Gasteiger partial charge is 0.356 e. The Morgan fingerprint density at radius 1 is 1.39 bits per heavy atom. The van der Waals surface area contributed by atoms with Crippen molar-refractivity contribution >= 4 is 5.91 Å². The number of aryl methyl sites for hydroxylation is 1. The number of nitrogens with one attached hydrogen (secondary N) is 2. The van der Waals surface area contributed by atoms with Crippen molar-refractivity contribution in [2.24, 2.45) is 0 Å². The summed E-state index contributed by atoms with van der Waals surface area (Å²) in [6, 6.07) is 0. The molecule has 0 aliphatic heterocycles. The van der Waals surface area contributed by atoms with Crippen LogP contribution in [0.3, 0.4) is 0 Å². The van der Waals surface area contributed by atoms with Gasteiger partial charge >= 0.3 is 0 Å². The summed E-state index contributed by atoms with van der Waals surface area (Å²) >= 11 is 0. The number of hydrogen-bond acceptors (Lipinski definition) is 4. The molecule has 0 atom stereocenters. The van der Waals surface area contributed by atoms with Gasteiger partial charge in [-0.1, -0.05) is 19.1 Å². The first-order chi connectivity index (χ1) is 8.72. The summed E-state index contributed by atoms with van der Waals surface area (Å²) in [6.07, 6.45) is 3.71. The molecule has 104 valence electrons. The molecule has 0 radical (unpaired) electrons. The molecule has 0 aliphatic carbocycles. The summed E-state index contributed by atoms with van der Waals surface area (Å²) in [5, 5.41) is 13.9. The summed E-state index contributed by atoms with van der Waals surface area (Å²) in [6.45, 7) is 7.89. The predicted molar refractivity (Wildman–Crippen MR) is 72.3 cm³/mol. The Morgan fingerprint density at radius 3 is 2.72 bits per heavy atom. The molecular weight excluding hydrogens is 230 g/mol. The van der Waals surface area contributed by atoms with E-state index in [-0.39, 0.29) is 5.91 Å². The van der Waals surface area contributed by atoms with Crippen LogP contribution in [0.2, 0.25) is 0 Å². The summed E-state index contributed by atoms with van der Waals surface area (Å²) in [7, 11) is 1.91. The fourth-order valence-corrected chi connectivity index (χ4v) is 1.32. The van der Waals surface area contributed by atoms with E-state index < -0.39 is 0 Å². The second-order valence-corrected chi connectivity index (χ2v) is 3.66. The van der Waals surface area contributed by atoms with E-state index in [0.717, 1.165) is 31.6 Å². The first kappa shape index (κ1) is 16.6. The quantitative estimate of drug-likeness (QED) is 0.700. The highest BCUT2D eigenvalue weighted by atomic mass is 16.1. The summed E-state index contributed by atoms with van der Waals surface area (Å²) in [5.41, 5.74) is 0.994. The lowest BCUT2D eigenvalue weighted by Gasteiger charge is -2.01. The van der Waals surface area contributed by atoms with Crippen LogP contribution in [0.1, 0.15) is 32.9 Å². The third-order valence-corrected chi connectivity index (χ3v) is 2.16. The molecule has 6 nitrogen and oxygen atoms in total. The van der Waals surface area contributed by atoms with Crippen molar-refractivity contribution in [3.05, 3.63) is 11.9 Å². The van der Waals surface area contributed by atoms with Gasteiger partial charge < -0.3 is 10.6 Å². The van der Waals surface area contributed by atoms with Crippen LogP contribution >= 0.6 is 0 Å². The zero-order chi connectivity index (χ0) is 13.8. The van der Waals surface area contributed by atoms with E-state index in [2.05, 4.69) is 20.9 Å². The minimum absolute atomic E-state index is 0.00768. The molecule has 1 amide bonds. The highest BCUT2D eigenvalue weighted by Crippen LogP contribution is 1.94. The molecule has 0 spiro atoms. The Hall–Kier alpha value is -1.43. The van der Waals surface area contributed by atoms with Crippen LogP contribution in [0.5, 0.6) is 0 Å². The Morgan fingerprint density at radius 2 is 2.11 bits per heavy atom. The first-order valence-electron chi connectivity index (χ1n) is 6.50. The highest BCUT2D eigenvalue weighted by Gasteiger charge is 1.99. The summed E-state index contributed by atoms with van der Waals surface area (Å²) < 4.78 is 1.81. The van der Waals surface area contributed by atoms with Crippen molar-refractivity contribution in [3.63, 3.8) is 0 Å². The van der Waals surface area contributed by atoms with Gasteiger partial charge in [-0.15, -0.1) is 5.10 Å². The van der Waals surface area contributed by atoms with E-state index in [4.69, 9.17) is 0 Å². The summed E-state index contributed by atoms with van der Waals surface area (Å²) in [4.78, 5) is 10.6. The molecule has 0 aliphatic rings. The molecule has 2 N–H and O–H groups in total. The predicted octanol–water partition coefficient (Wildman–Crippen LogP) is 0.592. The first-order valence-corrected chi connectivity index (χ1v) is 6.50. The standard InChI is InChI=1S/C10H19N5O.C2H6/c1-9(16)12-5-3-7-15-8-10(13-14-15)4-6-11-2;1-2/h8,11H,3-7H2,1-2H3,(H,12,16);1-2H3. The van der Waals surface area contributed by atoms with Crippen LogP contribution in [-0.4, -0.2) is 41.0 Å². The number of carbonyl (C=O) groups is 1. The Balaban J connectivity index is 0.00000137. The average Bonchev–Trinajstić information content (AvgIpc) is 2.82. The molecule has 0 unspecified atom stereocenters. The lowest BCUT2D eigenvalue weighted by Crippen LogP contribution is -2.22. The van der Waals surface area contributed by atoms with Crippen molar-refractivity contribution in [2.75, 3.05) is 20.1 Å². The van der Waals surface area contributed by atoms with Gasteiger partial charge in [0.15, 0.2) is 0 Å². The maximum Gasteiger partial charge on any atom is 0.216 e. The summed E-state index contributed by atoms with van der Waals surface area (Å²) in [5.74, 6) is 0.00768. The number of rotatable bonds is 7. The second-order valence-electron chi connectivity index (χ2n) is 3.66. The van der Waals surface area contributed by atoms with E-state index in [0.29, 0.717) is 6.54 Å². The fraction of sp³-hybridized carbons (Fsp3) is 0.750. The van der Waals surface area contributed by atoms with E-state index in [1.54, 1.807) is 0 Å². The molecule has 0 fully saturated rings. The van der Waals surface area contributed by atoms with Gasteiger partial charge in [0, 0.05) is 39.2 Å². The van der Waals surface area contributed by atoms with E-state index in [1.165, 1.54) is 6.92 Å². The Labute approximate surface area is 109 Å². The lowest BCUT2D eigenvalue weighted by molar-refractivity contribution is -0.118. The van der Waals surface area contributed by atoms with Gasteiger partial charge in [-0.05, 0) is 13.5 Å². The Bertz CT molecular complexity index is 324. The van der Waals surface area contributed by atoms with Gasteiger partial charge in [0.25, 0.3) is 0 Å². The second kappa shape index (κ2) is 10.7. The topological polar surface area (TPSA) is 71.8 Å². The average molecular weight is 255 g/mol. The maximum absolute atomic E-state index is 10.6. The van der Waals surface area contributed by atoms with E-state index in [9.17, 15) is 4.79 Å². The molecule has 1 aromatic rings. The van der Waals surface area contributed by atoms with Gasteiger partial charge in [-0.25, -0.2) is 0 Å². The van der Waals surface area contributed by atoms with Gasteiger partial charge in [-0.3, -0.25) is 9.48 Å². The van der Waals surface area contributed by atoms with Crippen LogP contribution in [0.25, 0.3) is 0 Å². The van der Waals surface area contributed by atoms with Crippen LogP contribution < -0.4 is 10.6 Å². The SMILES string of the molecule is CC.CNCCc1cn(CCCNC(C)=O)nn1. The Kier molecular flexibility index (Phi) is 9.86. The van der Waals surface area contributed by atoms with E-state index >= 15 is 0 Å². The minimum Gasteiger partial charge on any atom is -0.356 e. The number of likely N-dealkylation sites (N-methyl/N-ethyl adjacent to an activating group) is 1. The molecular formula is C12H25N5O. The van der Waals surface area contributed by atoms with Crippen LogP contribution in [-0.2, 0) is 17.8 Å². The number of aromatic nitrogens is 3. The fourth-order valence-electron chi connectivity index (χ4n) is 1.32. The van der Waals surface area contributed by atoms with Gasteiger partial charge in [0.05, 0.1) is 5.69 Å². The molecule has 18 heavy (non-hydrogen) atoms. The number of amides is 1. The molecule has 0 saturated heterocycles. The lowest BCUT2D eigenvalue weighted by atomic mass is 10.3. The van der Waals surface area contributed by atoms with Crippen molar-refractivity contribution in [1.82, 2.24) is 25.6 Å². The minimum atomic E-state index is 0.00768. The van der Waals surface area contributed by atoms with Crippen LogP contribution in [0.15, 0.2) is 6.20 Å². The van der Waals surface area contributed by atoms with Crippen molar-refractivity contribution in [3.8, 4) is 0 Å². The zero-order valence-corrected chi connectivity index (χ0v) is 11.9. The molecule has 0 saturated carbocycles. The normalized spacial score (nSPS) is 9.56. The third kappa shape index (κ3) is 7.78. The van der Waals surface area contributed by atoms with Crippen molar-refractivity contribution in [2.45, 2.75) is 40.2 Å². The molecule has 0 aromatic carbocycles. The molecule has 6 heteroatoms. The van der Waals surface area contributed by atoms with Crippen molar-refractivity contribution in [1.29, 1.82) is 0 Å². The molecule has 1 rings (SSSR count). The highest BCUT2D eigenvalue weighted by molar-refractivity contribution is 5.72. The van der Waals surface area contributed by atoms with Gasteiger partial charge in [0.2, 0.25) is 5.91 Å². The smallest absolute Gasteiger partial charge is 0.216 e. The monoisotopic (exact) mass is 255 g/mol. The number of nitrogens with zero attached hydrogens (tertiary/aromatic N) is 3. The molecule has 1 heterocycles.